The molecule has 0 fully saturated rings. The topological polar surface area (TPSA) is 56.5 Å². The molecule has 1 unspecified atom stereocenters. The minimum atomic E-state index is -0.0554. The van der Waals surface area contributed by atoms with Gasteiger partial charge in [-0.1, -0.05) is 17.7 Å². The molecule has 0 radical (unpaired) electrons. The number of aryl methyl sites for hydroxylation is 1. The molecule has 0 aliphatic carbocycles. The van der Waals surface area contributed by atoms with Crippen molar-refractivity contribution in [3.05, 3.63) is 41.2 Å². The van der Waals surface area contributed by atoms with Gasteiger partial charge < -0.3 is 9.47 Å². The van der Waals surface area contributed by atoms with E-state index < -0.39 is 0 Å². The Balaban J connectivity index is 2.37. The first-order valence-corrected chi connectivity index (χ1v) is 6.17. The molecule has 1 aliphatic rings. The zero-order chi connectivity index (χ0) is 13.0. The monoisotopic (exact) mass is 248 g/mol. The third-order valence-electron chi connectivity index (χ3n) is 3.20. The molecule has 4 heteroatoms. The van der Waals surface area contributed by atoms with Crippen LogP contribution in [-0.2, 0) is 4.74 Å². The molecule has 1 aliphatic heterocycles. The molecule has 1 atom stereocenters. The van der Waals surface area contributed by atoms with Gasteiger partial charge in [-0.05, 0) is 31.4 Å². The Morgan fingerprint density at radius 1 is 1.44 bits per heavy atom. The van der Waals surface area contributed by atoms with Crippen LogP contribution in [0.3, 0.4) is 0 Å². The first-order chi connectivity index (χ1) is 8.76. The van der Waals surface area contributed by atoms with Crippen molar-refractivity contribution in [2.45, 2.75) is 25.8 Å². The Morgan fingerprint density at radius 3 is 2.89 bits per heavy atom. The van der Waals surface area contributed by atoms with E-state index in [-0.39, 0.29) is 6.04 Å². The molecule has 0 bridgehead atoms. The number of nitrogens with two attached hydrogens (primary N) is 1. The number of ether oxygens (including phenoxy) is 2. The van der Waals surface area contributed by atoms with Crippen LogP contribution in [0.4, 0.5) is 0 Å². The van der Waals surface area contributed by atoms with E-state index in [1.165, 1.54) is 5.56 Å². The Morgan fingerprint density at radius 2 is 2.28 bits per heavy atom. The van der Waals surface area contributed by atoms with Gasteiger partial charge in [0.15, 0.2) is 0 Å². The van der Waals surface area contributed by atoms with Crippen LogP contribution in [0.25, 0.3) is 0 Å². The number of methoxy groups -OCH3 is 1. The summed E-state index contributed by atoms with van der Waals surface area (Å²) in [5, 5.41) is 0. The van der Waals surface area contributed by atoms with Crippen molar-refractivity contribution in [1.82, 2.24) is 5.43 Å². The summed E-state index contributed by atoms with van der Waals surface area (Å²) in [5.41, 5.74) is 6.26. The lowest BCUT2D eigenvalue weighted by Crippen LogP contribution is -2.30. The van der Waals surface area contributed by atoms with Gasteiger partial charge in [-0.2, -0.15) is 0 Å². The maximum absolute atomic E-state index is 5.71. The maximum Gasteiger partial charge on any atom is 0.124 e. The van der Waals surface area contributed by atoms with Gasteiger partial charge in [0, 0.05) is 5.56 Å². The molecule has 1 aromatic rings. The largest absolute Gasteiger partial charge is 0.501 e. The first kappa shape index (κ1) is 12.9. The van der Waals surface area contributed by atoms with Crippen molar-refractivity contribution in [2.75, 3.05) is 13.7 Å². The molecule has 0 aromatic heterocycles. The highest BCUT2D eigenvalue weighted by atomic mass is 16.5. The maximum atomic E-state index is 5.71. The van der Waals surface area contributed by atoms with Gasteiger partial charge in [-0.3, -0.25) is 5.84 Å². The van der Waals surface area contributed by atoms with Crippen molar-refractivity contribution in [2.24, 2.45) is 5.84 Å². The molecular weight excluding hydrogens is 228 g/mol. The number of benzene rings is 1. The smallest absolute Gasteiger partial charge is 0.124 e. The van der Waals surface area contributed by atoms with Crippen LogP contribution in [0.15, 0.2) is 30.0 Å². The van der Waals surface area contributed by atoms with Gasteiger partial charge in [-0.25, -0.2) is 5.43 Å². The lowest BCUT2D eigenvalue weighted by molar-refractivity contribution is 0.219. The molecule has 1 heterocycles. The minimum absolute atomic E-state index is 0.0554. The van der Waals surface area contributed by atoms with Crippen LogP contribution in [0.1, 0.15) is 30.0 Å². The molecule has 0 saturated heterocycles. The minimum Gasteiger partial charge on any atom is -0.501 e. The average molecular weight is 248 g/mol. The highest BCUT2D eigenvalue weighted by Gasteiger charge is 2.21. The van der Waals surface area contributed by atoms with Crippen molar-refractivity contribution < 1.29 is 9.47 Å². The lowest BCUT2D eigenvalue weighted by Gasteiger charge is -2.24. The quantitative estimate of drug-likeness (QED) is 0.633. The van der Waals surface area contributed by atoms with E-state index in [0.29, 0.717) is 0 Å². The van der Waals surface area contributed by atoms with Crippen LogP contribution in [0.2, 0.25) is 0 Å². The number of rotatable bonds is 4. The Hall–Kier alpha value is -1.52. The van der Waals surface area contributed by atoms with E-state index in [1.54, 1.807) is 7.11 Å². The zero-order valence-corrected chi connectivity index (χ0v) is 10.9. The van der Waals surface area contributed by atoms with Gasteiger partial charge >= 0.3 is 0 Å². The highest BCUT2D eigenvalue weighted by molar-refractivity contribution is 5.42. The first-order valence-electron chi connectivity index (χ1n) is 6.17. The summed E-state index contributed by atoms with van der Waals surface area (Å²) >= 11 is 0. The summed E-state index contributed by atoms with van der Waals surface area (Å²) in [5.74, 6) is 6.55. The summed E-state index contributed by atoms with van der Waals surface area (Å²) in [4.78, 5) is 0. The molecule has 3 N–H and O–H groups in total. The van der Waals surface area contributed by atoms with Crippen LogP contribution < -0.4 is 16.0 Å². The SMILES string of the molecule is COc1ccc(C)cc1C(NN)C1=COCCC1. The van der Waals surface area contributed by atoms with Crippen molar-refractivity contribution in [3.8, 4) is 5.75 Å². The third kappa shape index (κ3) is 2.66. The fourth-order valence-corrected chi connectivity index (χ4v) is 2.27. The molecule has 1 aromatic carbocycles. The van der Waals surface area contributed by atoms with Gasteiger partial charge in [0.25, 0.3) is 0 Å². The Kier molecular flexibility index (Phi) is 4.23. The van der Waals surface area contributed by atoms with E-state index in [9.17, 15) is 0 Å². The van der Waals surface area contributed by atoms with E-state index in [1.807, 2.05) is 18.4 Å². The standard InChI is InChI=1S/C14H20N2O2/c1-10-5-6-13(17-2)12(8-10)14(16-15)11-4-3-7-18-9-11/h5-6,8-9,14,16H,3-4,7,15H2,1-2H3. The number of hydrogen-bond donors (Lipinski definition) is 2. The van der Waals surface area contributed by atoms with E-state index >= 15 is 0 Å². The van der Waals surface area contributed by atoms with Crippen molar-refractivity contribution >= 4 is 0 Å². The predicted octanol–water partition coefficient (Wildman–Crippen LogP) is 2.20. The zero-order valence-electron chi connectivity index (χ0n) is 10.9. The number of nitrogens with one attached hydrogen (secondary N) is 1. The van der Waals surface area contributed by atoms with Crippen LogP contribution in [0.5, 0.6) is 5.75 Å². The number of hydrogen-bond acceptors (Lipinski definition) is 4. The summed E-state index contributed by atoms with van der Waals surface area (Å²) in [6.07, 6.45) is 3.83. The average Bonchev–Trinajstić information content (AvgIpc) is 2.41. The lowest BCUT2D eigenvalue weighted by atomic mass is 9.94. The molecule has 2 rings (SSSR count). The molecule has 18 heavy (non-hydrogen) atoms. The van der Waals surface area contributed by atoms with Gasteiger partial charge in [0.05, 0.1) is 26.0 Å². The van der Waals surface area contributed by atoms with Crippen molar-refractivity contribution in [1.29, 1.82) is 0 Å². The predicted molar refractivity (Wildman–Crippen MR) is 71.1 cm³/mol. The summed E-state index contributed by atoms with van der Waals surface area (Å²) < 4.78 is 10.8. The van der Waals surface area contributed by atoms with E-state index in [0.717, 1.165) is 36.3 Å². The summed E-state index contributed by atoms with van der Waals surface area (Å²) in [7, 11) is 1.67. The fraction of sp³-hybridized carbons (Fsp3) is 0.429. The second-order valence-corrected chi connectivity index (χ2v) is 4.51. The van der Waals surface area contributed by atoms with Crippen LogP contribution in [0, 0.1) is 6.92 Å². The van der Waals surface area contributed by atoms with Gasteiger partial charge in [0.1, 0.15) is 5.75 Å². The van der Waals surface area contributed by atoms with Gasteiger partial charge in [-0.15, -0.1) is 0 Å². The molecule has 0 saturated carbocycles. The Bertz CT molecular complexity index is 443. The molecule has 98 valence electrons. The Labute approximate surface area is 108 Å². The van der Waals surface area contributed by atoms with Crippen molar-refractivity contribution in [3.63, 3.8) is 0 Å². The summed E-state index contributed by atoms with van der Waals surface area (Å²) in [6, 6.07) is 6.04. The van der Waals surface area contributed by atoms with E-state index in [4.69, 9.17) is 15.3 Å². The van der Waals surface area contributed by atoms with E-state index in [2.05, 4.69) is 18.4 Å². The summed E-state index contributed by atoms with van der Waals surface area (Å²) in [6.45, 7) is 2.84. The number of hydrazine groups is 1. The molecule has 0 spiro atoms. The normalized spacial score (nSPS) is 16.7. The molecule has 0 amide bonds. The second-order valence-electron chi connectivity index (χ2n) is 4.51. The third-order valence-corrected chi connectivity index (χ3v) is 3.20. The second kappa shape index (κ2) is 5.89. The van der Waals surface area contributed by atoms with Crippen LogP contribution in [-0.4, -0.2) is 13.7 Å². The van der Waals surface area contributed by atoms with Gasteiger partial charge in [0.2, 0.25) is 0 Å². The molecular formula is C14H20N2O2. The van der Waals surface area contributed by atoms with Crippen LogP contribution >= 0.6 is 0 Å². The fourth-order valence-electron chi connectivity index (χ4n) is 2.27. The molecule has 4 nitrogen and oxygen atoms in total. The highest BCUT2D eigenvalue weighted by Crippen LogP contribution is 2.33.